The molecule has 6 nitrogen and oxygen atoms in total. The normalized spacial score (nSPS) is 9.92. The van der Waals surface area contributed by atoms with Gasteiger partial charge in [-0.15, -0.1) is 0 Å². The molecule has 0 aliphatic heterocycles. The summed E-state index contributed by atoms with van der Waals surface area (Å²) in [4.78, 5) is 23.4. The number of amides is 2. The molecule has 6 heteroatoms. The quantitative estimate of drug-likeness (QED) is 0.799. The zero-order valence-corrected chi connectivity index (χ0v) is 13.7. The number of urea groups is 1. The van der Waals surface area contributed by atoms with Crippen molar-refractivity contribution in [2.75, 3.05) is 19.0 Å². The van der Waals surface area contributed by atoms with Gasteiger partial charge in [0.15, 0.2) is 0 Å². The lowest BCUT2D eigenvalue weighted by Gasteiger charge is -2.09. The van der Waals surface area contributed by atoms with Crippen LogP contribution in [0.1, 0.15) is 22.8 Å². The van der Waals surface area contributed by atoms with E-state index in [4.69, 9.17) is 4.74 Å². The Balaban J connectivity index is 1.88. The van der Waals surface area contributed by atoms with Crippen molar-refractivity contribution in [2.45, 2.75) is 13.5 Å². The molecule has 0 saturated heterocycles. The second kappa shape index (κ2) is 8.57. The van der Waals surface area contributed by atoms with Gasteiger partial charge >= 0.3 is 12.0 Å². The molecule has 0 spiro atoms. The van der Waals surface area contributed by atoms with Crippen LogP contribution in [0, 0.1) is 0 Å². The number of anilines is 1. The molecule has 0 radical (unpaired) electrons. The third-order valence-electron chi connectivity index (χ3n) is 3.23. The molecule has 0 aliphatic carbocycles. The lowest BCUT2D eigenvalue weighted by Crippen LogP contribution is -2.28. The number of rotatable bonds is 6. The van der Waals surface area contributed by atoms with Crippen molar-refractivity contribution in [3.05, 3.63) is 59.7 Å². The fourth-order valence-electron chi connectivity index (χ4n) is 2.07. The first kappa shape index (κ1) is 17.3. The van der Waals surface area contributed by atoms with Gasteiger partial charge in [0, 0.05) is 12.2 Å². The average molecular weight is 328 g/mol. The Hall–Kier alpha value is -3.02. The standard InChI is InChI=1S/C18H20N2O4/c1-3-24-16-9-7-13(8-10-16)12-19-18(22)20-15-6-4-5-14(11-15)17(21)23-2/h4-11H,3,12H2,1-2H3,(H2,19,20,22). The van der Waals surface area contributed by atoms with Crippen molar-refractivity contribution in [1.29, 1.82) is 0 Å². The van der Waals surface area contributed by atoms with Crippen molar-refractivity contribution in [1.82, 2.24) is 5.32 Å². The highest BCUT2D eigenvalue weighted by Crippen LogP contribution is 2.13. The zero-order chi connectivity index (χ0) is 17.4. The average Bonchev–Trinajstić information content (AvgIpc) is 2.61. The molecule has 2 rings (SSSR count). The number of methoxy groups -OCH3 is 1. The molecule has 2 aromatic rings. The molecule has 2 amide bonds. The second-order valence-electron chi connectivity index (χ2n) is 4.96. The molecule has 0 bridgehead atoms. The Labute approximate surface area is 140 Å². The fourth-order valence-corrected chi connectivity index (χ4v) is 2.07. The Morgan fingerprint density at radius 2 is 1.83 bits per heavy atom. The van der Waals surface area contributed by atoms with Crippen LogP contribution in [-0.2, 0) is 11.3 Å². The van der Waals surface area contributed by atoms with Gasteiger partial charge in [0.2, 0.25) is 0 Å². The van der Waals surface area contributed by atoms with Gasteiger partial charge in [0.05, 0.1) is 19.3 Å². The molecule has 0 saturated carbocycles. The van der Waals surface area contributed by atoms with Crippen LogP contribution in [0.4, 0.5) is 10.5 Å². The third-order valence-corrected chi connectivity index (χ3v) is 3.23. The summed E-state index contributed by atoms with van der Waals surface area (Å²) in [6.07, 6.45) is 0. The number of esters is 1. The molecular weight excluding hydrogens is 308 g/mol. The molecule has 126 valence electrons. The molecule has 0 aliphatic rings. The van der Waals surface area contributed by atoms with Crippen molar-refractivity contribution in [3.8, 4) is 5.75 Å². The molecule has 2 N–H and O–H groups in total. The van der Waals surface area contributed by atoms with Gasteiger partial charge in [-0.2, -0.15) is 0 Å². The number of benzene rings is 2. The Morgan fingerprint density at radius 3 is 2.50 bits per heavy atom. The zero-order valence-electron chi connectivity index (χ0n) is 13.7. The molecule has 0 heterocycles. The van der Waals surface area contributed by atoms with Crippen LogP contribution in [0.25, 0.3) is 0 Å². The van der Waals surface area contributed by atoms with E-state index in [1.54, 1.807) is 24.3 Å². The van der Waals surface area contributed by atoms with E-state index in [0.717, 1.165) is 11.3 Å². The number of ether oxygens (including phenoxy) is 2. The van der Waals surface area contributed by atoms with Crippen LogP contribution in [0.2, 0.25) is 0 Å². The predicted molar refractivity (Wildman–Crippen MR) is 91.3 cm³/mol. The minimum Gasteiger partial charge on any atom is -0.494 e. The van der Waals surface area contributed by atoms with Crippen molar-refractivity contribution >= 4 is 17.7 Å². The summed E-state index contributed by atoms with van der Waals surface area (Å²) in [5.74, 6) is 0.346. The van der Waals surface area contributed by atoms with E-state index in [1.165, 1.54) is 7.11 Å². The van der Waals surface area contributed by atoms with E-state index in [2.05, 4.69) is 15.4 Å². The van der Waals surface area contributed by atoms with Gasteiger partial charge in [0.25, 0.3) is 0 Å². The fraction of sp³-hybridized carbons (Fsp3) is 0.222. The first-order valence-corrected chi connectivity index (χ1v) is 7.57. The minimum atomic E-state index is -0.451. The van der Waals surface area contributed by atoms with E-state index < -0.39 is 5.97 Å². The maximum atomic E-state index is 11.9. The Bertz CT molecular complexity index is 698. The molecule has 2 aromatic carbocycles. The van der Waals surface area contributed by atoms with Crippen LogP contribution in [0.5, 0.6) is 5.75 Å². The SMILES string of the molecule is CCOc1ccc(CNC(=O)Nc2cccc(C(=O)OC)c2)cc1. The Kier molecular flexibility index (Phi) is 6.19. The van der Waals surface area contributed by atoms with Gasteiger partial charge in [-0.3, -0.25) is 0 Å². The monoisotopic (exact) mass is 328 g/mol. The molecule has 24 heavy (non-hydrogen) atoms. The summed E-state index contributed by atoms with van der Waals surface area (Å²) >= 11 is 0. The highest BCUT2D eigenvalue weighted by atomic mass is 16.5. The van der Waals surface area contributed by atoms with Gasteiger partial charge in [-0.05, 0) is 42.8 Å². The van der Waals surface area contributed by atoms with E-state index in [0.29, 0.717) is 24.4 Å². The van der Waals surface area contributed by atoms with Crippen LogP contribution in [0.15, 0.2) is 48.5 Å². The molecule has 0 fully saturated rings. The smallest absolute Gasteiger partial charge is 0.337 e. The number of carbonyl (C=O) groups is 2. The second-order valence-corrected chi connectivity index (χ2v) is 4.96. The summed E-state index contributed by atoms with van der Waals surface area (Å²) in [5.41, 5.74) is 1.85. The van der Waals surface area contributed by atoms with Crippen LogP contribution in [0.3, 0.4) is 0 Å². The van der Waals surface area contributed by atoms with Crippen molar-refractivity contribution < 1.29 is 19.1 Å². The third kappa shape index (κ3) is 5.01. The lowest BCUT2D eigenvalue weighted by molar-refractivity contribution is 0.0600. The van der Waals surface area contributed by atoms with Gasteiger partial charge < -0.3 is 20.1 Å². The lowest BCUT2D eigenvalue weighted by atomic mass is 10.2. The predicted octanol–water partition coefficient (Wildman–Crippen LogP) is 3.19. The van der Waals surface area contributed by atoms with E-state index >= 15 is 0 Å². The van der Waals surface area contributed by atoms with E-state index in [1.807, 2.05) is 31.2 Å². The van der Waals surface area contributed by atoms with Gasteiger partial charge in [-0.25, -0.2) is 9.59 Å². The number of nitrogens with one attached hydrogen (secondary N) is 2. The van der Waals surface area contributed by atoms with Crippen LogP contribution in [-0.4, -0.2) is 25.7 Å². The first-order chi connectivity index (χ1) is 11.6. The maximum Gasteiger partial charge on any atom is 0.337 e. The summed E-state index contributed by atoms with van der Waals surface area (Å²) in [5, 5.41) is 5.44. The van der Waals surface area contributed by atoms with Crippen LogP contribution < -0.4 is 15.4 Å². The van der Waals surface area contributed by atoms with E-state index in [-0.39, 0.29) is 6.03 Å². The molecular formula is C18H20N2O4. The highest BCUT2D eigenvalue weighted by Gasteiger charge is 2.07. The number of carbonyl (C=O) groups excluding carboxylic acids is 2. The maximum absolute atomic E-state index is 11.9. The summed E-state index contributed by atoms with van der Waals surface area (Å²) in [6.45, 7) is 2.93. The largest absolute Gasteiger partial charge is 0.494 e. The van der Waals surface area contributed by atoms with Crippen molar-refractivity contribution in [2.24, 2.45) is 0 Å². The molecule has 0 aromatic heterocycles. The number of hydrogen-bond donors (Lipinski definition) is 2. The van der Waals surface area contributed by atoms with Gasteiger partial charge in [-0.1, -0.05) is 18.2 Å². The molecule has 0 unspecified atom stereocenters. The summed E-state index contributed by atoms with van der Waals surface area (Å²) in [7, 11) is 1.31. The van der Waals surface area contributed by atoms with Crippen molar-refractivity contribution in [3.63, 3.8) is 0 Å². The van der Waals surface area contributed by atoms with Gasteiger partial charge in [0.1, 0.15) is 5.75 Å². The number of hydrogen-bond acceptors (Lipinski definition) is 4. The summed E-state index contributed by atoms with van der Waals surface area (Å²) in [6, 6.07) is 13.7. The Morgan fingerprint density at radius 1 is 1.08 bits per heavy atom. The molecule has 0 atom stereocenters. The highest BCUT2D eigenvalue weighted by molar-refractivity contribution is 5.93. The summed E-state index contributed by atoms with van der Waals surface area (Å²) < 4.78 is 10.0. The first-order valence-electron chi connectivity index (χ1n) is 7.57. The topological polar surface area (TPSA) is 76.7 Å². The van der Waals surface area contributed by atoms with Crippen LogP contribution >= 0.6 is 0 Å². The minimum absolute atomic E-state index is 0.356. The van der Waals surface area contributed by atoms with E-state index in [9.17, 15) is 9.59 Å².